The van der Waals surface area contributed by atoms with Crippen LogP contribution in [0.25, 0.3) is 0 Å². The topological polar surface area (TPSA) is 0 Å². The van der Waals surface area contributed by atoms with Crippen LogP contribution in [0.5, 0.6) is 0 Å². The summed E-state index contributed by atoms with van der Waals surface area (Å²) in [5, 5.41) is 0. The van der Waals surface area contributed by atoms with E-state index in [1.165, 1.54) is 31.3 Å². The summed E-state index contributed by atoms with van der Waals surface area (Å²) in [6.45, 7) is 4.47. The first kappa shape index (κ1) is 7.59. The summed E-state index contributed by atoms with van der Waals surface area (Å²) in [6.07, 6.45) is 9.72. The van der Waals surface area contributed by atoms with E-state index in [9.17, 15) is 0 Å². The molecule has 0 aromatic carbocycles. The lowest BCUT2D eigenvalue weighted by Gasteiger charge is -2.02. The number of hydrogen-bond acceptors (Lipinski definition) is 0. The van der Waals surface area contributed by atoms with Crippen LogP contribution in [-0.2, 0) is 0 Å². The predicted octanol–water partition coefficient (Wildman–Crippen LogP) is 3.45. The lowest BCUT2D eigenvalue weighted by atomic mass is 10.0. The fraction of sp³-hybridized carbons (Fsp3) is 0.600. The van der Waals surface area contributed by atoms with Crippen LogP contribution in [0, 0.1) is 0 Å². The molecule has 0 spiro atoms. The normalized spacial score (nSPS) is 19.4. The molecule has 56 valence electrons. The van der Waals surface area contributed by atoms with Gasteiger partial charge in [0.1, 0.15) is 0 Å². The van der Waals surface area contributed by atoms with Crippen LogP contribution in [0.1, 0.15) is 39.5 Å². The Morgan fingerprint density at radius 3 is 3.00 bits per heavy atom. The Kier molecular flexibility index (Phi) is 2.73. The minimum absolute atomic E-state index is 1.23. The molecule has 0 nitrogen and oxygen atoms in total. The third-order valence-electron chi connectivity index (χ3n) is 2.20. The smallest absolute Gasteiger partial charge is 0.0312 e. The molecule has 10 heavy (non-hydrogen) atoms. The zero-order chi connectivity index (χ0) is 7.40. The van der Waals surface area contributed by atoms with Gasteiger partial charge in [0.15, 0.2) is 0 Å². The van der Waals surface area contributed by atoms with Gasteiger partial charge >= 0.3 is 0 Å². The molecule has 0 amide bonds. The number of allylic oxidation sites excluding steroid dienone is 4. The Labute approximate surface area is 63.6 Å². The average molecular weight is 136 g/mol. The third-order valence-corrected chi connectivity index (χ3v) is 2.20. The highest BCUT2D eigenvalue weighted by atomic mass is 14.1. The molecule has 0 fully saturated rings. The largest absolute Gasteiger partial charge is 0.0843 e. The summed E-state index contributed by atoms with van der Waals surface area (Å²) in [6, 6.07) is 0. The van der Waals surface area contributed by atoms with Crippen molar-refractivity contribution in [3.05, 3.63) is 23.3 Å². The number of hydrogen-bond donors (Lipinski definition) is 0. The van der Waals surface area contributed by atoms with Crippen molar-refractivity contribution in [2.45, 2.75) is 39.5 Å². The standard InChI is InChI=1S/C10H16/c1-3-10-8-6-4-5-7-9(10)2/h5,7H,3-4,6,8H2,1-2H3. The second-order valence-electron chi connectivity index (χ2n) is 2.93. The van der Waals surface area contributed by atoms with Gasteiger partial charge in [-0.15, -0.1) is 0 Å². The van der Waals surface area contributed by atoms with Gasteiger partial charge in [-0.05, 0) is 32.6 Å². The van der Waals surface area contributed by atoms with E-state index in [-0.39, 0.29) is 0 Å². The summed E-state index contributed by atoms with van der Waals surface area (Å²) >= 11 is 0. The first-order valence-electron chi connectivity index (χ1n) is 4.19. The Balaban J connectivity index is 2.72. The quantitative estimate of drug-likeness (QED) is 0.518. The molecule has 1 aliphatic rings. The Bertz CT molecular complexity index is 161. The van der Waals surface area contributed by atoms with Crippen molar-refractivity contribution in [3.8, 4) is 0 Å². The van der Waals surface area contributed by atoms with E-state index >= 15 is 0 Å². The van der Waals surface area contributed by atoms with Crippen LogP contribution in [-0.4, -0.2) is 0 Å². The van der Waals surface area contributed by atoms with Crippen LogP contribution in [0.4, 0.5) is 0 Å². The molecule has 0 unspecified atom stereocenters. The van der Waals surface area contributed by atoms with Crippen molar-refractivity contribution < 1.29 is 0 Å². The van der Waals surface area contributed by atoms with Crippen molar-refractivity contribution in [1.29, 1.82) is 0 Å². The fourth-order valence-corrected chi connectivity index (χ4v) is 1.46. The van der Waals surface area contributed by atoms with E-state index in [1.807, 2.05) is 0 Å². The lowest BCUT2D eigenvalue weighted by Crippen LogP contribution is -1.82. The molecule has 1 rings (SSSR count). The molecule has 0 saturated heterocycles. The van der Waals surface area contributed by atoms with E-state index in [0.717, 1.165) is 0 Å². The first-order valence-corrected chi connectivity index (χ1v) is 4.19. The van der Waals surface area contributed by atoms with Crippen LogP contribution in [0.3, 0.4) is 0 Å². The highest BCUT2D eigenvalue weighted by molar-refractivity contribution is 5.25. The van der Waals surface area contributed by atoms with E-state index in [0.29, 0.717) is 0 Å². The summed E-state index contributed by atoms with van der Waals surface area (Å²) in [7, 11) is 0. The molecule has 0 aromatic rings. The van der Waals surface area contributed by atoms with Gasteiger partial charge in [-0.3, -0.25) is 0 Å². The van der Waals surface area contributed by atoms with Gasteiger partial charge < -0.3 is 0 Å². The molecule has 0 atom stereocenters. The van der Waals surface area contributed by atoms with E-state index in [1.54, 1.807) is 5.57 Å². The second kappa shape index (κ2) is 3.60. The van der Waals surface area contributed by atoms with Crippen LogP contribution in [0.15, 0.2) is 23.3 Å². The minimum Gasteiger partial charge on any atom is -0.0843 e. The van der Waals surface area contributed by atoms with Crippen LogP contribution in [0.2, 0.25) is 0 Å². The van der Waals surface area contributed by atoms with Crippen molar-refractivity contribution >= 4 is 0 Å². The zero-order valence-electron chi connectivity index (χ0n) is 6.98. The predicted molar refractivity (Wildman–Crippen MR) is 46.0 cm³/mol. The van der Waals surface area contributed by atoms with Gasteiger partial charge in [-0.2, -0.15) is 0 Å². The fourth-order valence-electron chi connectivity index (χ4n) is 1.46. The molecule has 0 saturated carbocycles. The SMILES string of the molecule is CCC1=C(C)C=CCCC1. The van der Waals surface area contributed by atoms with Crippen molar-refractivity contribution in [3.63, 3.8) is 0 Å². The van der Waals surface area contributed by atoms with Crippen molar-refractivity contribution in [2.24, 2.45) is 0 Å². The molecule has 1 aliphatic carbocycles. The van der Waals surface area contributed by atoms with Gasteiger partial charge in [-0.1, -0.05) is 30.2 Å². The third kappa shape index (κ3) is 1.73. The van der Waals surface area contributed by atoms with Crippen molar-refractivity contribution in [1.82, 2.24) is 0 Å². The molecule has 0 aliphatic heterocycles. The summed E-state index contributed by atoms with van der Waals surface area (Å²) in [5.41, 5.74) is 3.15. The molecular weight excluding hydrogens is 120 g/mol. The van der Waals surface area contributed by atoms with Gasteiger partial charge in [0.2, 0.25) is 0 Å². The highest BCUT2D eigenvalue weighted by Gasteiger charge is 2.00. The monoisotopic (exact) mass is 136 g/mol. The molecule has 0 radical (unpaired) electrons. The van der Waals surface area contributed by atoms with Crippen molar-refractivity contribution in [2.75, 3.05) is 0 Å². The summed E-state index contributed by atoms with van der Waals surface area (Å²) in [4.78, 5) is 0. The summed E-state index contributed by atoms with van der Waals surface area (Å²) in [5.74, 6) is 0. The molecular formula is C10H16. The average Bonchev–Trinajstić information content (AvgIpc) is 2.13. The number of rotatable bonds is 1. The maximum Gasteiger partial charge on any atom is -0.0312 e. The second-order valence-corrected chi connectivity index (χ2v) is 2.93. The van der Waals surface area contributed by atoms with Gasteiger partial charge in [0, 0.05) is 0 Å². The van der Waals surface area contributed by atoms with Gasteiger partial charge in [0.25, 0.3) is 0 Å². The van der Waals surface area contributed by atoms with Gasteiger partial charge in [-0.25, -0.2) is 0 Å². The molecule has 0 N–H and O–H groups in total. The Morgan fingerprint density at radius 1 is 1.50 bits per heavy atom. The molecule has 0 aromatic heterocycles. The van der Waals surface area contributed by atoms with E-state index in [2.05, 4.69) is 26.0 Å². The highest BCUT2D eigenvalue weighted by Crippen LogP contribution is 2.20. The lowest BCUT2D eigenvalue weighted by molar-refractivity contribution is 0.807. The van der Waals surface area contributed by atoms with E-state index in [4.69, 9.17) is 0 Å². The summed E-state index contributed by atoms with van der Waals surface area (Å²) < 4.78 is 0. The molecule has 0 bridgehead atoms. The zero-order valence-corrected chi connectivity index (χ0v) is 6.98. The molecule has 0 heteroatoms. The maximum absolute atomic E-state index is 2.29. The Morgan fingerprint density at radius 2 is 2.30 bits per heavy atom. The first-order chi connectivity index (χ1) is 4.84. The Hall–Kier alpha value is -0.520. The maximum atomic E-state index is 2.29. The molecule has 0 heterocycles. The van der Waals surface area contributed by atoms with Gasteiger partial charge in [0.05, 0.1) is 0 Å². The van der Waals surface area contributed by atoms with Crippen LogP contribution >= 0.6 is 0 Å². The minimum atomic E-state index is 1.23. The van der Waals surface area contributed by atoms with Crippen LogP contribution < -0.4 is 0 Å². The van der Waals surface area contributed by atoms with E-state index < -0.39 is 0 Å².